The maximum Gasteiger partial charge on any atom is 0.328 e. The van der Waals surface area contributed by atoms with Gasteiger partial charge in [-0.05, 0) is 6.42 Å². The molecule has 0 aromatic rings. The molecule has 0 aliphatic heterocycles. The summed E-state index contributed by atoms with van der Waals surface area (Å²) in [5.41, 5.74) is 0. The smallest absolute Gasteiger partial charge is 0.328 e. The van der Waals surface area contributed by atoms with Crippen molar-refractivity contribution in [3.05, 3.63) is 12.2 Å². The maximum absolute atomic E-state index is 11.1. The van der Waals surface area contributed by atoms with E-state index in [0.717, 1.165) is 12.5 Å². The lowest BCUT2D eigenvalue weighted by atomic mass is 10.3. The van der Waals surface area contributed by atoms with Crippen LogP contribution >= 0.6 is 0 Å². The average Bonchev–Trinajstić information content (AvgIpc) is 2.19. The van der Waals surface area contributed by atoms with E-state index >= 15 is 0 Å². The van der Waals surface area contributed by atoms with Crippen LogP contribution in [0.4, 0.5) is 0 Å². The molecule has 0 saturated carbocycles. The Bertz CT molecular complexity index is 227. The van der Waals surface area contributed by atoms with Gasteiger partial charge in [0.05, 0.1) is 0 Å². The van der Waals surface area contributed by atoms with Crippen molar-refractivity contribution in [3.63, 3.8) is 0 Å². The number of carboxylic acids is 1. The summed E-state index contributed by atoms with van der Waals surface area (Å²) in [5, 5.41) is 14.0. The van der Waals surface area contributed by atoms with E-state index in [1.807, 2.05) is 6.92 Å². The van der Waals surface area contributed by atoms with Crippen molar-refractivity contribution in [2.45, 2.75) is 19.8 Å². The Kier molecular flexibility index (Phi) is 8.37. The number of carboxylic acid groups (broad SMARTS) is 1. The van der Waals surface area contributed by atoms with Crippen molar-refractivity contribution in [1.29, 1.82) is 0 Å². The Labute approximate surface area is 89.6 Å². The molecule has 0 atom stereocenters. The van der Waals surface area contributed by atoms with E-state index < -0.39 is 5.97 Å². The van der Waals surface area contributed by atoms with Gasteiger partial charge in [0.2, 0.25) is 5.91 Å². The van der Waals surface area contributed by atoms with E-state index in [0.29, 0.717) is 26.1 Å². The van der Waals surface area contributed by atoms with Gasteiger partial charge in [0.1, 0.15) is 0 Å². The number of rotatable bonds is 8. The molecule has 86 valence electrons. The highest BCUT2D eigenvalue weighted by Crippen LogP contribution is 1.79. The summed E-state index contributed by atoms with van der Waals surface area (Å²) in [6.45, 7) is 3.72. The predicted molar refractivity (Wildman–Crippen MR) is 57.6 cm³/mol. The molecule has 0 aromatic carbocycles. The summed E-state index contributed by atoms with van der Waals surface area (Å²) in [5.74, 6) is -0.941. The topological polar surface area (TPSA) is 78.4 Å². The molecule has 0 aliphatic rings. The molecule has 0 unspecified atom stereocenters. The highest BCUT2D eigenvalue weighted by Gasteiger charge is 1.97. The molecule has 0 spiro atoms. The van der Waals surface area contributed by atoms with Crippen LogP contribution in [0.3, 0.4) is 0 Å². The van der Waals surface area contributed by atoms with Crippen molar-refractivity contribution in [3.8, 4) is 0 Å². The van der Waals surface area contributed by atoms with E-state index in [1.165, 1.54) is 6.08 Å². The Morgan fingerprint density at radius 3 is 2.67 bits per heavy atom. The fourth-order valence-electron chi connectivity index (χ4n) is 0.900. The lowest BCUT2D eigenvalue weighted by molar-refractivity contribution is -0.131. The molecular weight excluding hydrogens is 196 g/mol. The van der Waals surface area contributed by atoms with Crippen LogP contribution in [-0.2, 0) is 9.59 Å². The van der Waals surface area contributed by atoms with Crippen LogP contribution in [0.15, 0.2) is 12.2 Å². The van der Waals surface area contributed by atoms with Crippen molar-refractivity contribution < 1.29 is 14.7 Å². The Balaban J connectivity index is 3.30. The monoisotopic (exact) mass is 214 g/mol. The first kappa shape index (κ1) is 13.6. The molecule has 0 aliphatic carbocycles. The second kappa shape index (κ2) is 9.21. The minimum Gasteiger partial charge on any atom is -0.478 e. The van der Waals surface area contributed by atoms with E-state index in [-0.39, 0.29) is 5.91 Å². The summed E-state index contributed by atoms with van der Waals surface area (Å²) in [6.07, 6.45) is 3.93. The lowest BCUT2D eigenvalue weighted by Gasteiger charge is -2.03. The first-order chi connectivity index (χ1) is 7.16. The molecule has 0 saturated heterocycles. The van der Waals surface area contributed by atoms with Gasteiger partial charge in [-0.25, -0.2) is 4.79 Å². The zero-order valence-corrected chi connectivity index (χ0v) is 8.95. The molecule has 15 heavy (non-hydrogen) atoms. The number of hydrogen-bond acceptors (Lipinski definition) is 3. The van der Waals surface area contributed by atoms with E-state index in [2.05, 4.69) is 10.6 Å². The largest absolute Gasteiger partial charge is 0.478 e. The fourth-order valence-corrected chi connectivity index (χ4v) is 0.900. The van der Waals surface area contributed by atoms with Gasteiger partial charge in [0, 0.05) is 32.1 Å². The second-order valence-corrected chi connectivity index (χ2v) is 3.04. The van der Waals surface area contributed by atoms with Gasteiger partial charge in [0.25, 0.3) is 0 Å². The number of carbonyl (C=O) groups excluding carboxylic acids is 1. The van der Waals surface area contributed by atoms with E-state index in [9.17, 15) is 9.59 Å². The highest BCUT2D eigenvalue weighted by molar-refractivity contribution is 5.79. The molecule has 5 nitrogen and oxygen atoms in total. The molecule has 0 aromatic heterocycles. The number of hydrogen-bond donors (Lipinski definition) is 3. The Morgan fingerprint density at radius 1 is 1.33 bits per heavy atom. The van der Waals surface area contributed by atoms with Crippen LogP contribution in [0.25, 0.3) is 0 Å². The second-order valence-electron chi connectivity index (χ2n) is 3.04. The molecule has 3 N–H and O–H groups in total. The highest BCUT2D eigenvalue weighted by atomic mass is 16.4. The van der Waals surface area contributed by atoms with Crippen LogP contribution in [0.2, 0.25) is 0 Å². The molecule has 0 rings (SSSR count). The standard InChI is InChI=1S/C10H18N2O3/c1-2-6-12-9(13)5-8-11-7-3-4-10(14)15/h3-4,11H,2,5-8H2,1H3,(H,12,13)(H,14,15)/b4-3+. The zero-order chi connectivity index (χ0) is 11.5. The Morgan fingerprint density at radius 2 is 2.07 bits per heavy atom. The molecule has 1 amide bonds. The van der Waals surface area contributed by atoms with Crippen LogP contribution in [0, 0.1) is 0 Å². The van der Waals surface area contributed by atoms with Crippen LogP contribution < -0.4 is 10.6 Å². The predicted octanol–water partition coefficient (Wildman–Crippen LogP) is 0.133. The van der Waals surface area contributed by atoms with Crippen LogP contribution in [0.5, 0.6) is 0 Å². The summed E-state index contributed by atoms with van der Waals surface area (Å²) >= 11 is 0. The molecule has 0 bridgehead atoms. The zero-order valence-electron chi connectivity index (χ0n) is 8.95. The molecule has 0 fully saturated rings. The third kappa shape index (κ3) is 10.6. The minimum atomic E-state index is -0.961. The van der Waals surface area contributed by atoms with Crippen molar-refractivity contribution in [2.75, 3.05) is 19.6 Å². The molecular formula is C10H18N2O3. The normalized spacial score (nSPS) is 10.5. The number of amides is 1. The quantitative estimate of drug-likeness (QED) is 0.396. The van der Waals surface area contributed by atoms with Crippen molar-refractivity contribution in [1.82, 2.24) is 10.6 Å². The van der Waals surface area contributed by atoms with Crippen LogP contribution in [-0.4, -0.2) is 36.6 Å². The van der Waals surface area contributed by atoms with Gasteiger partial charge < -0.3 is 15.7 Å². The number of nitrogens with one attached hydrogen (secondary N) is 2. The van der Waals surface area contributed by atoms with Crippen molar-refractivity contribution in [2.24, 2.45) is 0 Å². The summed E-state index contributed by atoms with van der Waals surface area (Å²) in [7, 11) is 0. The Hall–Kier alpha value is -1.36. The third-order valence-electron chi connectivity index (χ3n) is 1.62. The fraction of sp³-hybridized carbons (Fsp3) is 0.600. The lowest BCUT2D eigenvalue weighted by Crippen LogP contribution is -2.28. The van der Waals surface area contributed by atoms with E-state index in [1.54, 1.807) is 0 Å². The average molecular weight is 214 g/mol. The minimum absolute atomic E-state index is 0.0200. The van der Waals surface area contributed by atoms with Crippen LogP contribution in [0.1, 0.15) is 19.8 Å². The third-order valence-corrected chi connectivity index (χ3v) is 1.62. The first-order valence-corrected chi connectivity index (χ1v) is 5.03. The molecule has 0 heterocycles. The van der Waals surface area contributed by atoms with Gasteiger partial charge in [-0.2, -0.15) is 0 Å². The van der Waals surface area contributed by atoms with Crippen molar-refractivity contribution >= 4 is 11.9 Å². The summed E-state index contributed by atoms with van der Waals surface area (Å²) in [4.78, 5) is 21.2. The summed E-state index contributed by atoms with van der Waals surface area (Å²) in [6, 6.07) is 0. The van der Waals surface area contributed by atoms with Gasteiger partial charge in [-0.3, -0.25) is 4.79 Å². The van der Waals surface area contributed by atoms with Gasteiger partial charge in [-0.1, -0.05) is 13.0 Å². The maximum atomic E-state index is 11.1. The number of carbonyl (C=O) groups is 2. The van der Waals surface area contributed by atoms with Gasteiger partial charge in [0.15, 0.2) is 0 Å². The molecule has 5 heteroatoms. The summed E-state index contributed by atoms with van der Waals surface area (Å²) < 4.78 is 0. The molecule has 0 radical (unpaired) electrons. The van der Waals surface area contributed by atoms with E-state index in [4.69, 9.17) is 5.11 Å². The first-order valence-electron chi connectivity index (χ1n) is 5.03. The van der Waals surface area contributed by atoms with Gasteiger partial charge in [-0.15, -0.1) is 0 Å². The SMILES string of the molecule is CCCNC(=O)CCNC/C=C/C(=O)O. The van der Waals surface area contributed by atoms with Gasteiger partial charge >= 0.3 is 5.97 Å². The number of aliphatic carboxylic acids is 1.